The Morgan fingerprint density at radius 3 is 2.63 bits per heavy atom. The Kier molecular flexibility index (Phi) is 6.59. The predicted molar refractivity (Wildman–Crippen MR) is 119 cm³/mol. The highest BCUT2D eigenvalue weighted by molar-refractivity contribution is 7.12. The van der Waals surface area contributed by atoms with Crippen LogP contribution in [0.15, 0.2) is 40.2 Å². The minimum Gasteiger partial charge on any atom is -0.339 e. The third-order valence-electron chi connectivity index (χ3n) is 5.62. The summed E-state index contributed by atoms with van der Waals surface area (Å²) in [6, 6.07) is 10.2. The number of aryl methyl sites for hydroxylation is 3. The first-order chi connectivity index (χ1) is 14.6. The van der Waals surface area contributed by atoms with Crippen LogP contribution in [0.2, 0.25) is 0 Å². The van der Waals surface area contributed by atoms with Crippen molar-refractivity contribution in [3.8, 4) is 11.4 Å². The van der Waals surface area contributed by atoms with Crippen LogP contribution in [0, 0.1) is 6.92 Å². The Morgan fingerprint density at radius 2 is 1.90 bits per heavy atom. The van der Waals surface area contributed by atoms with Gasteiger partial charge in [-0.1, -0.05) is 41.9 Å². The second kappa shape index (κ2) is 9.53. The molecule has 30 heavy (non-hydrogen) atoms. The van der Waals surface area contributed by atoms with Gasteiger partial charge in [-0.15, -0.1) is 11.3 Å². The largest absolute Gasteiger partial charge is 0.339 e. The molecule has 0 unspecified atom stereocenters. The quantitative estimate of drug-likeness (QED) is 0.572. The van der Waals surface area contributed by atoms with Gasteiger partial charge < -0.3 is 9.42 Å². The Labute approximate surface area is 181 Å². The molecule has 0 aliphatic carbocycles. The van der Waals surface area contributed by atoms with Gasteiger partial charge in [0, 0.05) is 38.2 Å². The minimum atomic E-state index is 0.191. The predicted octanol–water partition coefficient (Wildman–Crippen LogP) is 4.06. The van der Waals surface area contributed by atoms with Gasteiger partial charge in [0.1, 0.15) is 0 Å². The van der Waals surface area contributed by atoms with Crippen molar-refractivity contribution in [1.82, 2.24) is 19.9 Å². The van der Waals surface area contributed by atoms with E-state index in [4.69, 9.17) is 4.52 Å². The van der Waals surface area contributed by atoms with Crippen molar-refractivity contribution in [2.24, 2.45) is 0 Å². The molecule has 1 amide bonds. The van der Waals surface area contributed by atoms with Gasteiger partial charge >= 0.3 is 0 Å². The Morgan fingerprint density at radius 1 is 1.13 bits per heavy atom. The molecule has 1 aliphatic heterocycles. The van der Waals surface area contributed by atoms with Crippen LogP contribution in [-0.2, 0) is 12.8 Å². The van der Waals surface area contributed by atoms with Crippen LogP contribution in [0.1, 0.15) is 40.0 Å². The zero-order chi connectivity index (χ0) is 20.9. The molecular formula is C23H28N4O2S. The molecule has 0 bridgehead atoms. The zero-order valence-corrected chi connectivity index (χ0v) is 18.5. The summed E-state index contributed by atoms with van der Waals surface area (Å²) in [6.45, 7) is 8.54. The maximum atomic E-state index is 12.8. The fraction of sp³-hybridized carbons (Fsp3) is 0.435. The van der Waals surface area contributed by atoms with Gasteiger partial charge in [-0.3, -0.25) is 9.69 Å². The maximum absolute atomic E-state index is 12.8. The first-order valence-corrected chi connectivity index (χ1v) is 11.5. The third kappa shape index (κ3) is 4.79. The van der Waals surface area contributed by atoms with Crippen molar-refractivity contribution in [2.45, 2.75) is 33.1 Å². The number of carbonyl (C=O) groups excluding carboxylic acids is 1. The van der Waals surface area contributed by atoms with Crippen LogP contribution < -0.4 is 0 Å². The van der Waals surface area contributed by atoms with E-state index in [-0.39, 0.29) is 5.91 Å². The van der Waals surface area contributed by atoms with Crippen LogP contribution in [0.4, 0.5) is 0 Å². The first-order valence-electron chi connectivity index (χ1n) is 10.6. The molecule has 1 fully saturated rings. The molecule has 0 N–H and O–H groups in total. The number of carbonyl (C=O) groups is 1. The van der Waals surface area contributed by atoms with Crippen LogP contribution in [0.3, 0.4) is 0 Å². The van der Waals surface area contributed by atoms with Gasteiger partial charge in [-0.05, 0) is 43.3 Å². The van der Waals surface area contributed by atoms with Crippen molar-refractivity contribution >= 4 is 17.2 Å². The molecule has 0 atom stereocenters. The summed E-state index contributed by atoms with van der Waals surface area (Å²) in [6.07, 6.45) is 2.65. The lowest BCUT2D eigenvalue weighted by Gasteiger charge is -2.34. The molecule has 6 nitrogen and oxygen atoms in total. The number of benzene rings is 1. The highest BCUT2D eigenvalue weighted by atomic mass is 32.1. The van der Waals surface area contributed by atoms with Gasteiger partial charge in [0.15, 0.2) is 0 Å². The molecule has 7 heteroatoms. The molecule has 1 saturated heterocycles. The van der Waals surface area contributed by atoms with E-state index in [1.807, 2.05) is 22.4 Å². The average Bonchev–Trinajstić information content (AvgIpc) is 3.44. The van der Waals surface area contributed by atoms with Gasteiger partial charge in [-0.25, -0.2) is 0 Å². The van der Waals surface area contributed by atoms with Crippen molar-refractivity contribution in [3.05, 3.63) is 57.6 Å². The van der Waals surface area contributed by atoms with Gasteiger partial charge in [0.25, 0.3) is 5.91 Å². The van der Waals surface area contributed by atoms with Crippen molar-refractivity contribution in [3.63, 3.8) is 0 Å². The fourth-order valence-electron chi connectivity index (χ4n) is 3.75. The number of nitrogens with zero attached hydrogens (tertiary/aromatic N) is 4. The Bertz CT molecular complexity index is 971. The lowest BCUT2D eigenvalue weighted by atomic mass is 10.1. The Balaban J connectivity index is 1.22. The van der Waals surface area contributed by atoms with E-state index < -0.39 is 0 Å². The van der Waals surface area contributed by atoms with Crippen molar-refractivity contribution in [2.75, 3.05) is 32.7 Å². The van der Waals surface area contributed by atoms with Gasteiger partial charge in [-0.2, -0.15) is 4.98 Å². The molecular weight excluding hydrogens is 396 g/mol. The summed E-state index contributed by atoms with van der Waals surface area (Å²) in [4.78, 5) is 22.6. The van der Waals surface area contributed by atoms with Crippen molar-refractivity contribution < 1.29 is 9.32 Å². The summed E-state index contributed by atoms with van der Waals surface area (Å²) in [7, 11) is 0. The maximum Gasteiger partial charge on any atom is 0.264 e. The SMILES string of the molecule is CCc1ccsc1C(=O)N1CCN(CCCc2nc(-c3ccc(C)cc3)no2)CC1. The van der Waals surface area contributed by atoms with E-state index in [1.54, 1.807) is 11.3 Å². The second-order valence-corrected chi connectivity index (χ2v) is 8.66. The number of thiophene rings is 1. The molecule has 3 aromatic rings. The number of hydrogen-bond acceptors (Lipinski definition) is 6. The normalized spacial score (nSPS) is 14.9. The summed E-state index contributed by atoms with van der Waals surface area (Å²) >= 11 is 1.56. The van der Waals surface area contributed by atoms with Crippen LogP contribution >= 0.6 is 11.3 Å². The van der Waals surface area contributed by atoms with Gasteiger partial charge in [0.2, 0.25) is 11.7 Å². The van der Waals surface area contributed by atoms with E-state index in [9.17, 15) is 4.79 Å². The van der Waals surface area contributed by atoms with E-state index >= 15 is 0 Å². The lowest BCUT2D eigenvalue weighted by molar-refractivity contribution is 0.0639. The highest BCUT2D eigenvalue weighted by Gasteiger charge is 2.24. The number of aromatic nitrogens is 2. The summed E-state index contributed by atoms with van der Waals surface area (Å²) in [5, 5.41) is 6.12. The monoisotopic (exact) mass is 424 g/mol. The van der Waals surface area contributed by atoms with Crippen LogP contribution in [0.25, 0.3) is 11.4 Å². The van der Waals surface area contributed by atoms with E-state index in [1.165, 1.54) is 5.56 Å². The standard InChI is InChI=1S/C23H28N4O2S/c1-3-18-10-16-30-21(18)23(28)27-14-12-26(13-15-27)11-4-5-20-24-22(25-29-20)19-8-6-17(2)7-9-19/h6-10,16H,3-5,11-15H2,1-2H3. The number of rotatable bonds is 7. The molecule has 158 valence electrons. The van der Waals surface area contributed by atoms with E-state index in [2.05, 4.69) is 47.1 Å². The molecule has 2 aromatic heterocycles. The minimum absolute atomic E-state index is 0.191. The summed E-state index contributed by atoms with van der Waals surface area (Å²) in [5.41, 5.74) is 3.36. The molecule has 1 aliphatic rings. The Hall–Kier alpha value is -2.51. The molecule has 0 radical (unpaired) electrons. The molecule has 0 saturated carbocycles. The molecule has 4 rings (SSSR count). The lowest BCUT2D eigenvalue weighted by Crippen LogP contribution is -2.48. The number of amides is 1. The number of piperazine rings is 1. The summed E-state index contributed by atoms with van der Waals surface area (Å²) in [5.74, 6) is 1.53. The average molecular weight is 425 g/mol. The smallest absolute Gasteiger partial charge is 0.264 e. The van der Waals surface area contributed by atoms with E-state index in [0.29, 0.717) is 11.7 Å². The molecule has 1 aromatic carbocycles. The van der Waals surface area contributed by atoms with Crippen LogP contribution in [0.5, 0.6) is 0 Å². The fourth-order valence-corrected chi connectivity index (χ4v) is 4.71. The summed E-state index contributed by atoms with van der Waals surface area (Å²) < 4.78 is 5.42. The van der Waals surface area contributed by atoms with E-state index in [0.717, 1.165) is 68.0 Å². The highest BCUT2D eigenvalue weighted by Crippen LogP contribution is 2.21. The van der Waals surface area contributed by atoms with Crippen LogP contribution in [-0.4, -0.2) is 58.6 Å². The zero-order valence-electron chi connectivity index (χ0n) is 17.6. The van der Waals surface area contributed by atoms with Crippen molar-refractivity contribution in [1.29, 1.82) is 0 Å². The third-order valence-corrected chi connectivity index (χ3v) is 6.57. The second-order valence-electron chi connectivity index (χ2n) is 7.74. The molecule has 3 heterocycles. The van der Waals surface area contributed by atoms with Gasteiger partial charge in [0.05, 0.1) is 4.88 Å². The first kappa shape index (κ1) is 20.8. The number of hydrogen-bond donors (Lipinski definition) is 0. The molecule has 0 spiro atoms. The topological polar surface area (TPSA) is 62.5 Å².